The molecule has 0 radical (unpaired) electrons. The minimum absolute atomic E-state index is 0.00273. The van der Waals surface area contributed by atoms with Crippen molar-refractivity contribution >= 4 is 18.1 Å². The fraction of sp³-hybridized carbons (Fsp3) is 0.583. The van der Waals surface area contributed by atoms with Gasteiger partial charge in [-0.25, -0.2) is 4.68 Å². The zero-order valence-corrected chi connectivity index (χ0v) is 11.9. The minimum Gasteiger partial charge on any atom is -0.352 e. The third-order valence-electron chi connectivity index (χ3n) is 2.49. The van der Waals surface area contributed by atoms with E-state index in [1.807, 2.05) is 13.8 Å². The van der Waals surface area contributed by atoms with Gasteiger partial charge in [0.05, 0.1) is 12.7 Å². The minimum atomic E-state index is -0.256. The Bertz CT molecular complexity index is 483. The highest BCUT2D eigenvalue weighted by molar-refractivity contribution is 5.84. The number of hydrogen-bond donors (Lipinski definition) is 1. The molecule has 0 saturated carbocycles. The molecule has 1 N–H and O–H groups in total. The van der Waals surface area contributed by atoms with Gasteiger partial charge in [0.15, 0.2) is 6.29 Å². The lowest BCUT2D eigenvalue weighted by atomic mass is 10.3. The van der Waals surface area contributed by atoms with Gasteiger partial charge < -0.3 is 10.2 Å². The standard InChI is InChI=1S/C12H19N5O3/c1-4-16(6-11(19)13-9(2)3)12(20)7-17-5-10(8-18)14-15-17/h5,8-9H,4,6-7H2,1-3H3,(H,13,19). The van der Waals surface area contributed by atoms with Crippen molar-refractivity contribution < 1.29 is 14.4 Å². The third-order valence-corrected chi connectivity index (χ3v) is 2.49. The van der Waals surface area contributed by atoms with Gasteiger partial charge in [0, 0.05) is 12.6 Å². The average Bonchev–Trinajstić information content (AvgIpc) is 2.82. The molecule has 1 aromatic rings. The first-order valence-corrected chi connectivity index (χ1v) is 6.38. The van der Waals surface area contributed by atoms with Crippen LogP contribution in [0, 0.1) is 0 Å². The molecule has 0 spiro atoms. The van der Waals surface area contributed by atoms with Crippen LogP contribution in [-0.2, 0) is 16.1 Å². The number of aromatic nitrogens is 3. The largest absolute Gasteiger partial charge is 0.352 e. The summed E-state index contributed by atoms with van der Waals surface area (Å²) in [5.41, 5.74) is 0.165. The Hall–Kier alpha value is -2.25. The van der Waals surface area contributed by atoms with Crippen LogP contribution in [-0.4, -0.2) is 57.1 Å². The van der Waals surface area contributed by atoms with Gasteiger partial charge in [-0.1, -0.05) is 5.21 Å². The Morgan fingerprint density at radius 3 is 2.70 bits per heavy atom. The number of rotatable bonds is 7. The SMILES string of the molecule is CCN(CC(=O)NC(C)C)C(=O)Cn1cc(C=O)nn1. The van der Waals surface area contributed by atoms with Crippen molar-refractivity contribution in [3.05, 3.63) is 11.9 Å². The predicted octanol–water partition coefficient (Wildman–Crippen LogP) is -0.536. The normalized spacial score (nSPS) is 10.4. The summed E-state index contributed by atoms with van der Waals surface area (Å²) in [6, 6.07) is 0.0294. The molecule has 8 heteroatoms. The van der Waals surface area contributed by atoms with Gasteiger partial charge >= 0.3 is 0 Å². The second kappa shape index (κ2) is 7.37. The van der Waals surface area contributed by atoms with Crippen molar-refractivity contribution in [1.82, 2.24) is 25.2 Å². The van der Waals surface area contributed by atoms with E-state index in [4.69, 9.17) is 0 Å². The topological polar surface area (TPSA) is 97.2 Å². The Morgan fingerprint density at radius 1 is 1.50 bits per heavy atom. The van der Waals surface area contributed by atoms with Crippen LogP contribution in [0.5, 0.6) is 0 Å². The van der Waals surface area contributed by atoms with Crippen molar-refractivity contribution in [2.24, 2.45) is 0 Å². The monoisotopic (exact) mass is 281 g/mol. The van der Waals surface area contributed by atoms with Crippen molar-refractivity contribution in [1.29, 1.82) is 0 Å². The fourth-order valence-electron chi connectivity index (χ4n) is 1.60. The van der Waals surface area contributed by atoms with Crippen LogP contribution in [0.3, 0.4) is 0 Å². The molecular weight excluding hydrogens is 262 g/mol. The zero-order chi connectivity index (χ0) is 15.1. The zero-order valence-electron chi connectivity index (χ0n) is 11.9. The van der Waals surface area contributed by atoms with Gasteiger partial charge in [-0.2, -0.15) is 0 Å². The first kappa shape index (κ1) is 15.8. The number of carbonyl (C=O) groups is 3. The molecule has 0 aliphatic carbocycles. The summed E-state index contributed by atoms with van der Waals surface area (Å²) in [5.74, 6) is -0.462. The van der Waals surface area contributed by atoms with Crippen LogP contribution < -0.4 is 5.32 Å². The first-order valence-electron chi connectivity index (χ1n) is 6.38. The lowest BCUT2D eigenvalue weighted by Crippen LogP contribution is -2.43. The maximum absolute atomic E-state index is 12.0. The van der Waals surface area contributed by atoms with Crippen LogP contribution in [0.2, 0.25) is 0 Å². The highest BCUT2D eigenvalue weighted by Gasteiger charge is 2.17. The average molecular weight is 281 g/mol. The van der Waals surface area contributed by atoms with Crippen LogP contribution in [0.1, 0.15) is 31.3 Å². The Morgan fingerprint density at radius 2 is 2.20 bits per heavy atom. The third kappa shape index (κ3) is 4.79. The molecule has 0 unspecified atom stereocenters. The van der Waals surface area contributed by atoms with E-state index in [2.05, 4.69) is 15.6 Å². The van der Waals surface area contributed by atoms with Gasteiger partial charge in [-0.15, -0.1) is 5.10 Å². The summed E-state index contributed by atoms with van der Waals surface area (Å²) in [6.45, 7) is 5.86. The lowest BCUT2D eigenvalue weighted by Gasteiger charge is -2.20. The molecule has 110 valence electrons. The van der Waals surface area contributed by atoms with E-state index in [9.17, 15) is 14.4 Å². The number of amides is 2. The quantitative estimate of drug-likeness (QED) is 0.677. The number of carbonyl (C=O) groups excluding carboxylic acids is 3. The molecule has 0 bridgehead atoms. The van der Waals surface area contributed by atoms with Crippen LogP contribution in [0.4, 0.5) is 0 Å². The summed E-state index contributed by atoms with van der Waals surface area (Å²) in [5, 5.41) is 9.95. The van der Waals surface area contributed by atoms with Gasteiger partial charge in [-0.3, -0.25) is 14.4 Å². The molecule has 0 aliphatic rings. The predicted molar refractivity (Wildman–Crippen MR) is 70.9 cm³/mol. The maximum Gasteiger partial charge on any atom is 0.244 e. The molecular formula is C12H19N5O3. The van der Waals surface area contributed by atoms with Crippen LogP contribution in [0.25, 0.3) is 0 Å². The second-order valence-corrected chi connectivity index (χ2v) is 4.59. The lowest BCUT2D eigenvalue weighted by molar-refractivity contribution is -0.136. The Labute approximate surface area is 117 Å². The number of nitrogens with zero attached hydrogens (tertiary/aromatic N) is 4. The molecule has 0 fully saturated rings. The number of nitrogens with one attached hydrogen (secondary N) is 1. The molecule has 0 saturated heterocycles. The van der Waals surface area contributed by atoms with Gasteiger partial charge in [0.25, 0.3) is 0 Å². The van der Waals surface area contributed by atoms with Gasteiger partial charge in [0.2, 0.25) is 11.8 Å². The molecule has 2 amide bonds. The Balaban J connectivity index is 2.58. The Kier molecular flexibility index (Phi) is 5.82. The van der Waals surface area contributed by atoms with E-state index < -0.39 is 0 Å². The van der Waals surface area contributed by atoms with Crippen molar-refractivity contribution in [3.8, 4) is 0 Å². The van der Waals surface area contributed by atoms with Crippen molar-refractivity contribution in [2.45, 2.75) is 33.4 Å². The summed E-state index contributed by atoms with van der Waals surface area (Å²) in [6.07, 6.45) is 1.94. The van der Waals surface area contributed by atoms with Crippen LogP contribution >= 0.6 is 0 Å². The molecule has 0 aliphatic heterocycles. The van der Waals surface area contributed by atoms with Gasteiger partial charge in [0.1, 0.15) is 12.2 Å². The fourth-order valence-corrected chi connectivity index (χ4v) is 1.60. The van der Waals surface area contributed by atoms with Crippen molar-refractivity contribution in [2.75, 3.05) is 13.1 Å². The van der Waals surface area contributed by atoms with E-state index in [-0.39, 0.29) is 36.6 Å². The summed E-state index contributed by atoms with van der Waals surface area (Å²) < 4.78 is 1.27. The van der Waals surface area contributed by atoms with E-state index >= 15 is 0 Å². The maximum atomic E-state index is 12.0. The smallest absolute Gasteiger partial charge is 0.244 e. The molecule has 20 heavy (non-hydrogen) atoms. The van der Waals surface area contributed by atoms with Crippen LogP contribution in [0.15, 0.2) is 6.20 Å². The molecule has 1 heterocycles. The number of likely N-dealkylation sites (N-methyl/N-ethyl adjacent to an activating group) is 1. The first-order chi connectivity index (χ1) is 9.46. The van der Waals surface area contributed by atoms with E-state index in [0.717, 1.165) is 0 Å². The van der Waals surface area contributed by atoms with E-state index in [1.54, 1.807) is 6.92 Å². The van der Waals surface area contributed by atoms with E-state index in [1.165, 1.54) is 15.8 Å². The molecule has 0 atom stereocenters. The summed E-state index contributed by atoms with van der Waals surface area (Å²) in [7, 11) is 0. The van der Waals surface area contributed by atoms with Crippen molar-refractivity contribution in [3.63, 3.8) is 0 Å². The highest BCUT2D eigenvalue weighted by atomic mass is 16.2. The van der Waals surface area contributed by atoms with E-state index in [0.29, 0.717) is 12.8 Å². The molecule has 1 rings (SSSR count). The molecule has 1 aromatic heterocycles. The number of aldehydes is 1. The van der Waals surface area contributed by atoms with Gasteiger partial charge in [-0.05, 0) is 20.8 Å². The second-order valence-electron chi connectivity index (χ2n) is 4.59. The molecule has 0 aromatic carbocycles. The highest BCUT2D eigenvalue weighted by Crippen LogP contribution is 1.95. The summed E-state index contributed by atoms with van der Waals surface area (Å²) >= 11 is 0. The summed E-state index contributed by atoms with van der Waals surface area (Å²) in [4.78, 5) is 35.6. The molecule has 8 nitrogen and oxygen atoms in total. The number of hydrogen-bond acceptors (Lipinski definition) is 5.